The number of carbonyl (C=O) groups is 4. The molecule has 1 heterocycles. The van der Waals surface area contributed by atoms with Crippen LogP contribution in [-0.2, 0) is 19.2 Å². The van der Waals surface area contributed by atoms with Gasteiger partial charge in [-0.15, -0.1) is 0 Å². The van der Waals surface area contributed by atoms with Gasteiger partial charge in [0.25, 0.3) is 0 Å². The number of Topliss-reactive ketones (excluding diaryl/α,β-unsaturated/α-hetero) is 1. The molecule has 0 radical (unpaired) electrons. The van der Waals surface area contributed by atoms with Crippen molar-refractivity contribution in [1.29, 1.82) is 0 Å². The quantitative estimate of drug-likeness (QED) is 0.279. The second-order valence-corrected chi connectivity index (χ2v) is 12.2. The summed E-state index contributed by atoms with van der Waals surface area (Å²) in [6.07, 6.45) is 8.78. The molecule has 0 aromatic heterocycles. The molecule has 1 N–H and O–H groups in total. The maximum atomic E-state index is 13.9. The molecule has 1 aromatic rings. The van der Waals surface area contributed by atoms with Gasteiger partial charge < -0.3 is 5.11 Å². The van der Waals surface area contributed by atoms with E-state index < -0.39 is 17.8 Å². The van der Waals surface area contributed by atoms with Gasteiger partial charge in [0, 0.05) is 39.2 Å². The molecule has 6 nitrogen and oxygen atoms in total. The van der Waals surface area contributed by atoms with Crippen molar-refractivity contribution in [2.45, 2.75) is 56.9 Å². The molecule has 0 spiro atoms. The third kappa shape index (κ3) is 3.55. The van der Waals surface area contributed by atoms with E-state index in [4.69, 9.17) is 0 Å². The highest BCUT2D eigenvalue weighted by Gasteiger charge is 2.57. The number of hydrogen-bond donors (Lipinski definition) is 1. The summed E-state index contributed by atoms with van der Waals surface area (Å²) in [5, 5.41) is 10.8. The van der Waals surface area contributed by atoms with Gasteiger partial charge in [0.05, 0.1) is 16.3 Å². The first-order valence-electron chi connectivity index (χ1n) is 12.5. The van der Waals surface area contributed by atoms with Crippen LogP contribution in [0.15, 0.2) is 56.0 Å². The fourth-order valence-corrected chi connectivity index (χ4v) is 7.87. The number of benzene rings is 1. The highest BCUT2D eigenvalue weighted by molar-refractivity contribution is 9.12. The number of hydrogen-bond acceptors (Lipinski definition) is 5. The number of likely N-dealkylation sites (tertiary alicyclic amines) is 1. The summed E-state index contributed by atoms with van der Waals surface area (Å²) in [6.45, 7) is 0. The average molecular weight is 615 g/mol. The smallest absolute Gasteiger partial charge is 0.233 e. The summed E-state index contributed by atoms with van der Waals surface area (Å²) in [5.74, 6) is -2.81. The van der Waals surface area contributed by atoms with E-state index >= 15 is 0 Å². The van der Waals surface area contributed by atoms with E-state index in [1.807, 2.05) is 6.08 Å². The summed E-state index contributed by atoms with van der Waals surface area (Å²) in [6, 6.07) is 4.99. The number of phenolic OH excluding ortho intramolecular Hbond substituents is 1. The van der Waals surface area contributed by atoms with Crippen LogP contribution < -0.4 is 0 Å². The Morgan fingerprint density at radius 1 is 0.944 bits per heavy atom. The number of rotatable bonds is 2. The van der Waals surface area contributed by atoms with Crippen LogP contribution in [0.2, 0.25) is 0 Å². The summed E-state index contributed by atoms with van der Waals surface area (Å²) >= 11 is 6.71. The van der Waals surface area contributed by atoms with Gasteiger partial charge in [-0.3, -0.25) is 24.1 Å². The number of aromatic hydroxyl groups is 1. The second-order valence-electron chi connectivity index (χ2n) is 10.4. The zero-order valence-corrected chi connectivity index (χ0v) is 22.7. The lowest BCUT2D eigenvalue weighted by molar-refractivity contribution is -0.143. The third-order valence-corrected chi connectivity index (χ3v) is 9.69. The monoisotopic (exact) mass is 613 g/mol. The fourth-order valence-electron chi connectivity index (χ4n) is 7.04. The van der Waals surface area contributed by atoms with Crippen molar-refractivity contribution in [3.63, 3.8) is 0 Å². The van der Waals surface area contributed by atoms with E-state index in [0.717, 1.165) is 42.1 Å². The van der Waals surface area contributed by atoms with E-state index in [2.05, 4.69) is 31.9 Å². The van der Waals surface area contributed by atoms with Crippen LogP contribution >= 0.6 is 31.9 Å². The van der Waals surface area contributed by atoms with Crippen molar-refractivity contribution in [2.75, 3.05) is 0 Å². The molecule has 1 saturated heterocycles. The Balaban J connectivity index is 1.48. The zero-order chi connectivity index (χ0) is 25.3. The predicted octanol–water partition coefficient (Wildman–Crippen LogP) is 5.25. The number of ketones is 2. The van der Waals surface area contributed by atoms with Crippen LogP contribution in [-0.4, -0.2) is 39.4 Å². The number of carbonyl (C=O) groups excluding carboxylic acids is 4. The molecule has 6 rings (SSSR count). The molecule has 8 heteroatoms. The third-order valence-electron chi connectivity index (χ3n) is 8.61. The van der Waals surface area contributed by atoms with Gasteiger partial charge in [-0.25, -0.2) is 0 Å². The first-order chi connectivity index (χ1) is 17.3. The molecule has 186 valence electrons. The number of amides is 2. The Labute approximate surface area is 225 Å². The minimum Gasteiger partial charge on any atom is -0.508 e. The minimum absolute atomic E-state index is 0.0187. The summed E-state index contributed by atoms with van der Waals surface area (Å²) in [7, 11) is 0. The molecular formula is C28H25Br2NO5. The molecule has 0 unspecified atom stereocenters. The van der Waals surface area contributed by atoms with Gasteiger partial charge in [-0.1, -0.05) is 46.8 Å². The molecule has 5 aliphatic rings. The van der Waals surface area contributed by atoms with Crippen LogP contribution in [0.4, 0.5) is 0 Å². The second kappa shape index (κ2) is 8.91. The maximum Gasteiger partial charge on any atom is 0.233 e. The van der Waals surface area contributed by atoms with Gasteiger partial charge in [0.15, 0.2) is 11.6 Å². The number of nitrogens with zero attached hydrogens (tertiary/aromatic N) is 1. The number of imide groups is 1. The lowest BCUT2D eigenvalue weighted by atomic mass is 9.59. The van der Waals surface area contributed by atoms with Crippen LogP contribution in [0.3, 0.4) is 0 Å². The van der Waals surface area contributed by atoms with Crippen LogP contribution in [0.1, 0.15) is 56.4 Å². The highest BCUT2D eigenvalue weighted by Crippen LogP contribution is 2.56. The van der Waals surface area contributed by atoms with Crippen molar-refractivity contribution in [3.8, 4) is 5.75 Å². The number of phenols is 1. The van der Waals surface area contributed by atoms with Gasteiger partial charge in [0.1, 0.15) is 5.75 Å². The molecule has 2 amide bonds. The summed E-state index contributed by atoms with van der Waals surface area (Å²) in [5.41, 5.74) is 2.10. The molecule has 1 aliphatic heterocycles. The summed E-state index contributed by atoms with van der Waals surface area (Å²) < 4.78 is 0.927. The number of halogens is 2. The van der Waals surface area contributed by atoms with Crippen molar-refractivity contribution >= 4 is 55.2 Å². The normalized spacial score (nSPS) is 30.7. The molecule has 1 aromatic carbocycles. The zero-order valence-electron chi connectivity index (χ0n) is 19.5. The topological polar surface area (TPSA) is 91.8 Å². The van der Waals surface area contributed by atoms with Crippen LogP contribution in [0, 0.1) is 17.8 Å². The first kappa shape index (κ1) is 24.0. The first-order valence-corrected chi connectivity index (χ1v) is 14.1. The lowest BCUT2D eigenvalue weighted by Gasteiger charge is -2.42. The molecule has 36 heavy (non-hydrogen) atoms. The van der Waals surface area contributed by atoms with Crippen LogP contribution in [0.5, 0.6) is 5.75 Å². The fraction of sp³-hybridized carbons (Fsp3) is 0.429. The Kier molecular flexibility index (Phi) is 5.95. The maximum absolute atomic E-state index is 13.9. The van der Waals surface area contributed by atoms with Gasteiger partial charge in [-0.05, 0) is 65.7 Å². The molecule has 0 bridgehead atoms. The van der Waals surface area contributed by atoms with E-state index in [1.54, 1.807) is 18.2 Å². The van der Waals surface area contributed by atoms with Crippen molar-refractivity contribution in [2.24, 2.45) is 17.8 Å². The molecule has 2 fully saturated rings. The number of fused-ring (bicyclic) bond motifs is 3. The molecule has 1 saturated carbocycles. The van der Waals surface area contributed by atoms with Gasteiger partial charge >= 0.3 is 0 Å². The van der Waals surface area contributed by atoms with Crippen LogP contribution in [0.25, 0.3) is 0 Å². The Morgan fingerprint density at radius 2 is 1.69 bits per heavy atom. The van der Waals surface area contributed by atoms with E-state index in [9.17, 15) is 24.3 Å². The average Bonchev–Trinajstić information content (AvgIpc) is 3.13. The largest absolute Gasteiger partial charge is 0.508 e. The minimum atomic E-state index is -0.655. The van der Waals surface area contributed by atoms with Gasteiger partial charge in [0.2, 0.25) is 11.8 Å². The molecule has 4 aliphatic carbocycles. The Bertz CT molecular complexity index is 1320. The predicted molar refractivity (Wildman–Crippen MR) is 139 cm³/mol. The van der Waals surface area contributed by atoms with Gasteiger partial charge in [-0.2, -0.15) is 0 Å². The Hall–Kier alpha value is -2.32. The lowest BCUT2D eigenvalue weighted by Crippen LogP contribution is -2.43. The number of allylic oxidation sites excluding steroid dienone is 6. The molecular weight excluding hydrogens is 590 g/mol. The van der Waals surface area contributed by atoms with Crippen molar-refractivity contribution in [1.82, 2.24) is 4.90 Å². The molecule has 4 atom stereocenters. The van der Waals surface area contributed by atoms with Crippen molar-refractivity contribution < 1.29 is 24.3 Å². The van der Waals surface area contributed by atoms with E-state index in [0.29, 0.717) is 23.1 Å². The highest BCUT2D eigenvalue weighted by atomic mass is 79.9. The van der Waals surface area contributed by atoms with E-state index in [-0.39, 0.29) is 52.0 Å². The van der Waals surface area contributed by atoms with Crippen molar-refractivity contribution in [3.05, 3.63) is 61.6 Å². The van der Waals surface area contributed by atoms with E-state index in [1.165, 1.54) is 11.0 Å². The Morgan fingerprint density at radius 3 is 2.44 bits per heavy atom. The standard InChI is InChI=1S/C28H25Br2NO5/c29-13-6-9-21(32)18(10-13)23-15-7-8-16-24(28(36)31(27(16)35)14-4-2-1-3-5-14)17(15)11-19-25(23)22(33)12-20(30)26(19)34/h6-7,9-10,12,14,16-17,23-24,32H,1-5,8,11H2/t16-,17+,23+,24-/m0/s1. The summed E-state index contributed by atoms with van der Waals surface area (Å²) in [4.78, 5) is 55.5. The SMILES string of the molecule is O=C1C=C(Br)C(=O)C2=C1[C@@H](c1cc(Br)ccc1O)C1=CC[C@@H]3C(=O)N(C4CCCCC4)C(=O)[C@@H]3[C@@H]1C2.